The van der Waals surface area contributed by atoms with Gasteiger partial charge in [-0.25, -0.2) is 0 Å². The summed E-state index contributed by atoms with van der Waals surface area (Å²) in [5.74, 6) is -0.586. The number of hydrogen-bond acceptors (Lipinski definition) is 5. The van der Waals surface area contributed by atoms with Gasteiger partial charge in [-0.3, -0.25) is 0 Å². The van der Waals surface area contributed by atoms with Gasteiger partial charge in [0.15, 0.2) is 0 Å². The van der Waals surface area contributed by atoms with Crippen molar-refractivity contribution in [1.82, 2.24) is 0 Å². The van der Waals surface area contributed by atoms with E-state index in [2.05, 4.69) is 6.58 Å². The molecule has 106 valence electrons. The monoisotopic (exact) mass is 296 g/mol. The van der Waals surface area contributed by atoms with Crippen LogP contribution in [0.4, 0.5) is 0 Å². The third kappa shape index (κ3) is 7.29. The van der Waals surface area contributed by atoms with E-state index in [9.17, 15) is 4.79 Å². The molecule has 0 amide bonds. The van der Waals surface area contributed by atoms with Crippen molar-refractivity contribution in [3.05, 3.63) is 12.7 Å². The molecule has 0 spiro atoms. The molecule has 0 atom stereocenters. The molecule has 18 heavy (non-hydrogen) atoms. The van der Waals surface area contributed by atoms with Crippen LogP contribution < -0.4 is 0 Å². The van der Waals surface area contributed by atoms with E-state index in [1.54, 1.807) is 0 Å². The standard InChI is InChI=1S/C3H4O2.3C3H7O.Ti/c1-2-3(4)5;3*1-3(2)4;/h2H,1H2,(H,4,5);3*3H,1-2H3;/q;3*-1;+4/p-1. The molecular weight excluding hydrogens is 272 g/mol. The van der Waals surface area contributed by atoms with Crippen molar-refractivity contribution in [2.24, 2.45) is 0 Å². The van der Waals surface area contributed by atoms with Gasteiger partial charge in [-0.2, -0.15) is 0 Å². The Bertz CT molecular complexity index is 249. The molecule has 0 saturated carbocycles. The second kappa shape index (κ2) is 8.07. The summed E-state index contributed by atoms with van der Waals surface area (Å²) < 4.78 is 22.3. The molecule has 0 aliphatic carbocycles. The fraction of sp³-hybridized carbons (Fsp3) is 0.750. The van der Waals surface area contributed by atoms with Gasteiger partial charge in [0.2, 0.25) is 0 Å². The van der Waals surface area contributed by atoms with E-state index in [0.29, 0.717) is 0 Å². The van der Waals surface area contributed by atoms with Crippen LogP contribution in [0.1, 0.15) is 41.5 Å². The Morgan fingerprint density at radius 1 is 0.944 bits per heavy atom. The van der Waals surface area contributed by atoms with Crippen molar-refractivity contribution in [2.75, 3.05) is 0 Å². The van der Waals surface area contributed by atoms with Gasteiger partial charge < -0.3 is 0 Å². The van der Waals surface area contributed by atoms with Crippen LogP contribution >= 0.6 is 0 Å². The van der Waals surface area contributed by atoms with Crippen molar-refractivity contribution in [2.45, 2.75) is 59.9 Å². The predicted octanol–water partition coefficient (Wildman–Crippen LogP) is 2.80. The minimum atomic E-state index is -4.07. The molecule has 0 aromatic heterocycles. The van der Waals surface area contributed by atoms with Crippen LogP contribution in [0.3, 0.4) is 0 Å². The summed E-state index contributed by atoms with van der Waals surface area (Å²) in [6.45, 7) is 14.4. The van der Waals surface area contributed by atoms with Crippen molar-refractivity contribution < 1.29 is 36.2 Å². The summed E-state index contributed by atoms with van der Waals surface area (Å²) in [5, 5.41) is 0. The molecular formula is C12H24O5Ti. The van der Waals surface area contributed by atoms with Crippen molar-refractivity contribution >= 4 is 5.97 Å². The summed E-state index contributed by atoms with van der Waals surface area (Å²) in [4.78, 5) is 11.4. The molecule has 0 rings (SSSR count). The van der Waals surface area contributed by atoms with Crippen LogP contribution in [0, 0.1) is 0 Å². The Kier molecular flexibility index (Phi) is 7.98. The van der Waals surface area contributed by atoms with E-state index in [1.165, 1.54) is 0 Å². The molecule has 6 heteroatoms. The van der Waals surface area contributed by atoms with Crippen LogP contribution in [0.25, 0.3) is 0 Å². The third-order valence-electron chi connectivity index (χ3n) is 1.53. The minimum absolute atomic E-state index is 0.153. The third-order valence-corrected chi connectivity index (χ3v) is 5.80. The maximum absolute atomic E-state index is 11.4. The molecule has 0 radical (unpaired) electrons. The first kappa shape index (κ1) is 17.8. The van der Waals surface area contributed by atoms with Crippen LogP contribution in [0.15, 0.2) is 12.7 Å². The van der Waals surface area contributed by atoms with Gasteiger partial charge in [0.25, 0.3) is 0 Å². The predicted molar refractivity (Wildman–Crippen MR) is 65.0 cm³/mol. The van der Waals surface area contributed by atoms with Crippen LogP contribution in [0.2, 0.25) is 0 Å². The van der Waals surface area contributed by atoms with Crippen LogP contribution in [-0.4, -0.2) is 24.3 Å². The Balaban J connectivity index is 5.09. The molecule has 0 unspecified atom stereocenters. The molecule has 0 aliphatic heterocycles. The molecule has 0 fully saturated rings. The quantitative estimate of drug-likeness (QED) is 0.509. The van der Waals surface area contributed by atoms with Gasteiger partial charge in [-0.05, 0) is 0 Å². The fourth-order valence-corrected chi connectivity index (χ4v) is 4.89. The summed E-state index contributed by atoms with van der Waals surface area (Å²) in [6, 6.07) is 0. The number of hydrogen-bond donors (Lipinski definition) is 0. The normalized spacial score (nSPS) is 12.3. The Morgan fingerprint density at radius 3 is 1.50 bits per heavy atom. The molecule has 0 aromatic carbocycles. The van der Waals surface area contributed by atoms with Crippen LogP contribution in [-0.2, 0) is 36.2 Å². The molecule has 5 nitrogen and oxygen atoms in total. The van der Waals surface area contributed by atoms with Gasteiger partial charge in [0.1, 0.15) is 0 Å². The first-order valence-electron chi connectivity index (χ1n) is 6.09. The Morgan fingerprint density at radius 2 is 1.28 bits per heavy atom. The number of carbonyl (C=O) groups is 1. The van der Waals surface area contributed by atoms with Gasteiger partial charge in [-0.15, -0.1) is 0 Å². The van der Waals surface area contributed by atoms with Crippen molar-refractivity contribution in [3.8, 4) is 0 Å². The Labute approximate surface area is 115 Å². The Hall–Kier alpha value is -0.196. The van der Waals surface area contributed by atoms with Crippen molar-refractivity contribution in [1.29, 1.82) is 0 Å². The summed E-state index contributed by atoms with van der Waals surface area (Å²) in [7, 11) is 0. The fourth-order valence-electron chi connectivity index (χ4n) is 1.19. The molecule has 0 bridgehead atoms. The second-order valence-corrected chi connectivity index (χ2v) is 7.61. The molecule has 0 aromatic rings. The van der Waals surface area contributed by atoms with E-state index in [4.69, 9.17) is 13.3 Å². The van der Waals surface area contributed by atoms with Crippen LogP contribution in [0.5, 0.6) is 0 Å². The van der Waals surface area contributed by atoms with E-state index in [-0.39, 0.29) is 18.3 Å². The maximum atomic E-state index is 11.4. The summed E-state index contributed by atoms with van der Waals surface area (Å²) >= 11 is -4.07. The number of rotatable bonds is 8. The molecule has 0 heterocycles. The molecule has 0 N–H and O–H groups in total. The molecule has 0 saturated heterocycles. The SMILES string of the molecule is C=CC(=O)[O][Ti]([O]C(C)C)([O]C(C)C)[O]C(C)C. The first-order valence-corrected chi connectivity index (χ1v) is 8.64. The van der Waals surface area contributed by atoms with Gasteiger partial charge in [0, 0.05) is 0 Å². The zero-order valence-electron chi connectivity index (χ0n) is 12.1. The average molecular weight is 296 g/mol. The average Bonchev–Trinajstić information content (AvgIpc) is 2.12. The van der Waals surface area contributed by atoms with Crippen molar-refractivity contribution in [3.63, 3.8) is 0 Å². The second-order valence-electron chi connectivity index (χ2n) is 4.63. The van der Waals surface area contributed by atoms with E-state index < -0.39 is 24.1 Å². The zero-order valence-corrected chi connectivity index (χ0v) is 13.6. The van der Waals surface area contributed by atoms with Gasteiger partial charge >= 0.3 is 115 Å². The van der Waals surface area contributed by atoms with E-state index in [1.807, 2.05) is 41.5 Å². The number of carbonyl (C=O) groups excluding carboxylic acids is 1. The first-order chi connectivity index (χ1) is 8.20. The zero-order chi connectivity index (χ0) is 14.3. The summed E-state index contributed by atoms with van der Waals surface area (Å²) in [6.07, 6.45) is 0.622. The van der Waals surface area contributed by atoms with E-state index in [0.717, 1.165) is 6.08 Å². The summed E-state index contributed by atoms with van der Waals surface area (Å²) in [5.41, 5.74) is 0. The molecule has 0 aliphatic rings. The topological polar surface area (TPSA) is 54.0 Å². The van der Waals surface area contributed by atoms with Gasteiger partial charge in [0.05, 0.1) is 0 Å². The van der Waals surface area contributed by atoms with Gasteiger partial charge in [-0.1, -0.05) is 0 Å². The van der Waals surface area contributed by atoms with E-state index >= 15 is 0 Å².